The molecule has 0 heterocycles. The first-order valence-electron chi connectivity index (χ1n) is 5.93. The van der Waals surface area contributed by atoms with Gasteiger partial charge in [-0.05, 0) is 59.3 Å². The molecule has 1 N–H and O–H groups in total. The van der Waals surface area contributed by atoms with Crippen LogP contribution in [0.15, 0.2) is 34.8 Å². The van der Waals surface area contributed by atoms with Crippen molar-refractivity contribution in [3.05, 3.63) is 40.4 Å². The van der Waals surface area contributed by atoms with E-state index in [2.05, 4.69) is 58.5 Å². The average Bonchev–Trinajstić information content (AvgIpc) is 2.59. The number of halogens is 1. The lowest BCUT2D eigenvalue weighted by atomic mass is 9.71. The van der Waals surface area contributed by atoms with Crippen molar-refractivity contribution >= 4 is 21.6 Å². The van der Waals surface area contributed by atoms with Crippen molar-refractivity contribution in [1.29, 1.82) is 0 Å². The fraction of sp³-hybridized carbons (Fsp3) is 0.429. The molecule has 2 aliphatic carbocycles. The fourth-order valence-corrected chi connectivity index (χ4v) is 3.43. The van der Waals surface area contributed by atoms with E-state index in [0.29, 0.717) is 6.04 Å². The molecule has 2 heteroatoms. The molecule has 0 amide bonds. The second-order valence-electron chi connectivity index (χ2n) is 4.97. The van der Waals surface area contributed by atoms with Gasteiger partial charge in [0.1, 0.15) is 0 Å². The van der Waals surface area contributed by atoms with Gasteiger partial charge in [-0.1, -0.05) is 18.2 Å². The maximum absolute atomic E-state index is 3.65. The van der Waals surface area contributed by atoms with Gasteiger partial charge in [-0.15, -0.1) is 0 Å². The zero-order chi connectivity index (χ0) is 11.1. The minimum absolute atomic E-state index is 0.641. The molecule has 3 atom stereocenters. The third kappa shape index (κ3) is 1.69. The molecule has 84 valence electrons. The second kappa shape index (κ2) is 3.92. The van der Waals surface area contributed by atoms with E-state index in [9.17, 15) is 0 Å². The van der Waals surface area contributed by atoms with Gasteiger partial charge in [0.25, 0.3) is 0 Å². The maximum atomic E-state index is 3.65. The number of nitrogens with one attached hydrogen (secondary N) is 1. The van der Waals surface area contributed by atoms with Crippen LogP contribution in [0.25, 0.3) is 0 Å². The van der Waals surface area contributed by atoms with Crippen LogP contribution in [0.3, 0.4) is 0 Å². The summed E-state index contributed by atoms with van der Waals surface area (Å²) in [7, 11) is 0. The van der Waals surface area contributed by atoms with Crippen molar-refractivity contribution in [2.75, 3.05) is 5.32 Å². The van der Waals surface area contributed by atoms with Crippen molar-refractivity contribution in [1.82, 2.24) is 0 Å². The lowest BCUT2D eigenvalue weighted by Crippen LogP contribution is -2.43. The number of hydrogen-bond donors (Lipinski definition) is 1. The molecule has 2 aliphatic rings. The minimum Gasteiger partial charge on any atom is -0.381 e. The van der Waals surface area contributed by atoms with Crippen molar-refractivity contribution in [2.45, 2.75) is 25.8 Å². The van der Waals surface area contributed by atoms with E-state index in [0.717, 1.165) is 11.8 Å². The first-order valence-corrected chi connectivity index (χ1v) is 6.73. The highest BCUT2D eigenvalue weighted by molar-refractivity contribution is 9.10. The molecule has 1 saturated carbocycles. The van der Waals surface area contributed by atoms with Crippen molar-refractivity contribution in [3.8, 4) is 0 Å². The highest BCUT2D eigenvalue weighted by Crippen LogP contribution is 2.44. The first-order chi connectivity index (χ1) is 7.74. The highest BCUT2D eigenvalue weighted by atomic mass is 79.9. The van der Waals surface area contributed by atoms with Crippen LogP contribution in [-0.4, -0.2) is 6.04 Å². The topological polar surface area (TPSA) is 12.0 Å². The van der Waals surface area contributed by atoms with Gasteiger partial charge in [0, 0.05) is 22.1 Å². The summed E-state index contributed by atoms with van der Waals surface area (Å²) >= 11 is 3.62. The Morgan fingerprint density at radius 3 is 3.00 bits per heavy atom. The second-order valence-corrected chi connectivity index (χ2v) is 5.83. The Hall–Kier alpha value is -0.760. The summed E-state index contributed by atoms with van der Waals surface area (Å²) in [5.41, 5.74) is 2.53. The quantitative estimate of drug-likeness (QED) is 0.802. The molecule has 1 aromatic rings. The molecule has 0 aromatic heterocycles. The molecule has 0 saturated heterocycles. The normalized spacial score (nSPS) is 31.0. The molecular weight excluding hydrogens is 262 g/mol. The maximum Gasteiger partial charge on any atom is 0.0487 e. The molecule has 1 aromatic carbocycles. The predicted octanol–water partition coefficient (Wildman–Crippen LogP) is 4.13. The van der Waals surface area contributed by atoms with Crippen LogP contribution in [-0.2, 0) is 0 Å². The van der Waals surface area contributed by atoms with Gasteiger partial charge in [0.05, 0.1) is 0 Å². The summed E-state index contributed by atoms with van der Waals surface area (Å²) in [5, 5.41) is 3.65. The number of hydrogen-bond acceptors (Lipinski definition) is 1. The molecular formula is C14H16BrN. The lowest BCUT2D eigenvalue weighted by Gasteiger charge is -2.41. The van der Waals surface area contributed by atoms with E-state index in [4.69, 9.17) is 0 Å². The van der Waals surface area contributed by atoms with Crippen LogP contribution in [0.1, 0.15) is 18.4 Å². The van der Waals surface area contributed by atoms with E-state index in [1.54, 1.807) is 0 Å². The fourth-order valence-electron chi connectivity index (χ4n) is 2.82. The number of anilines is 1. The molecule has 0 bridgehead atoms. The van der Waals surface area contributed by atoms with Crippen molar-refractivity contribution < 1.29 is 0 Å². The van der Waals surface area contributed by atoms with E-state index in [1.165, 1.54) is 28.6 Å². The van der Waals surface area contributed by atoms with Crippen LogP contribution in [0, 0.1) is 18.8 Å². The highest BCUT2D eigenvalue weighted by Gasteiger charge is 2.40. The zero-order valence-electron chi connectivity index (χ0n) is 9.41. The molecule has 3 rings (SSSR count). The van der Waals surface area contributed by atoms with Crippen LogP contribution < -0.4 is 5.32 Å². The van der Waals surface area contributed by atoms with Gasteiger partial charge in [-0.3, -0.25) is 0 Å². The minimum atomic E-state index is 0.641. The van der Waals surface area contributed by atoms with E-state index < -0.39 is 0 Å². The SMILES string of the molecule is Cc1ccc(NC2CC3CC=CC32)c(Br)c1. The van der Waals surface area contributed by atoms with E-state index in [-0.39, 0.29) is 0 Å². The summed E-state index contributed by atoms with van der Waals surface area (Å²) in [6.07, 6.45) is 7.32. The molecule has 3 unspecified atom stereocenters. The predicted molar refractivity (Wildman–Crippen MR) is 71.6 cm³/mol. The lowest BCUT2D eigenvalue weighted by molar-refractivity contribution is 0.218. The van der Waals surface area contributed by atoms with Crippen molar-refractivity contribution in [3.63, 3.8) is 0 Å². The van der Waals surface area contributed by atoms with Gasteiger partial charge in [0.2, 0.25) is 0 Å². The number of fused-ring (bicyclic) bond motifs is 1. The standard InChI is InChI=1S/C14H16BrN/c1-9-5-6-13(12(15)7-9)16-14-8-10-3-2-4-11(10)14/h2,4-7,10-11,14,16H,3,8H2,1H3. The first kappa shape index (κ1) is 10.4. The van der Waals surface area contributed by atoms with Crippen LogP contribution >= 0.6 is 15.9 Å². The molecule has 1 nitrogen and oxygen atoms in total. The Labute approximate surface area is 105 Å². The summed E-state index contributed by atoms with van der Waals surface area (Å²) in [6, 6.07) is 7.14. The molecule has 1 fully saturated rings. The third-order valence-electron chi connectivity index (χ3n) is 3.83. The summed E-state index contributed by atoms with van der Waals surface area (Å²) in [4.78, 5) is 0. The molecule has 16 heavy (non-hydrogen) atoms. The van der Waals surface area contributed by atoms with E-state index >= 15 is 0 Å². The Morgan fingerprint density at radius 1 is 1.38 bits per heavy atom. The van der Waals surface area contributed by atoms with Gasteiger partial charge < -0.3 is 5.32 Å². The third-order valence-corrected chi connectivity index (χ3v) is 4.48. The summed E-state index contributed by atoms with van der Waals surface area (Å²) < 4.78 is 1.18. The number of allylic oxidation sites excluding steroid dienone is 1. The molecule has 0 radical (unpaired) electrons. The number of aryl methyl sites for hydroxylation is 1. The Morgan fingerprint density at radius 2 is 2.25 bits per heavy atom. The summed E-state index contributed by atoms with van der Waals surface area (Å²) in [6.45, 7) is 2.12. The van der Waals surface area contributed by atoms with Gasteiger partial charge in [0.15, 0.2) is 0 Å². The summed E-state index contributed by atoms with van der Waals surface area (Å²) in [5.74, 6) is 1.69. The Balaban J connectivity index is 1.73. The average molecular weight is 278 g/mol. The van der Waals surface area contributed by atoms with Crippen LogP contribution in [0.5, 0.6) is 0 Å². The smallest absolute Gasteiger partial charge is 0.0487 e. The zero-order valence-corrected chi connectivity index (χ0v) is 11.0. The van der Waals surface area contributed by atoms with Gasteiger partial charge in [-0.2, -0.15) is 0 Å². The largest absolute Gasteiger partial charge is 0.381 e. The number of rotatable bonds is 2. The van der Waals surface area contributed by atoms with Gasteiger partial charge >= 0.3 is 0 Å². The Kier molecular flexibility index (Phi) is 2.55. The van der Waals surface area contributed by atoms with Crippen LogP contribution in [0.2, 0.25) is 0 Å². The molecule has 0 spiro atoms. The van der Waals surface area contributed by atoms with E-state index in [1.807, 2.05) is 0 Å². The van der Waals surface area contributed by atoms with Crippen molar-refractivity contribution in [2.24, 2.45) is 11.8 Å². The monoisotopic (exact) mass is 277 g/mol. The number of benzene rings is 1. The molecule has 0 aliphatic heterocycles. The van der Waals surface area contributed by atoms with Crippen LogP contribution in [0.4, 0.5) is 5.69 Å². The van der Waals surface area contributed by atoms with Gasteiger partial charge in [-0.25, -0.2) is 0 Å². The Bertz CT molecular complexity index is 438.